The van der Waals surface area contributed by atoms with Gasteiger partial charge in [-0.2, -0.15) is 0 Å². The number of nitrogens with zero attached hydrogens (tertiary/aromatic N) is 1. The zero-order valence-electron chi connectivity index (χ0n) is 12.3. The summed E-state index contributed by atoms with van der Waals surface area (Å²) in [6, 6.07) is 9.81. The molecule has 3 nitrogen and oxygen atoms in total. The van der Waals surface area contributed by atoms with Crippen LogP contribution < -0.4 is 0 Å². The van der Waals surface area contributed by atoms with Crippen molar-refractivity contribution in [3.8, 4) is 0 Å². The topological polar surface area (TPSA) is 29.5 Å². The Morgan fingerprint density at radius 2 is 2.05 bits per heavy atom. The minimum Gasteiger partial charge on any atom is -0.465 e. The first kappa shape index (κ1) is 14.4. The Bertz CT molecular complexity index is 533. The first-order chi connectivity index (χ1) is 9.61. The molecule has 1 aliphatic heterocycles. The van der Waals surface area contributed by atoms with Gasteiger partial charge in [0.05, 0.1) is 6.61 Å². The predicted molar refractivity (Wildman–Crippen MR) is 80.3 cm³/mol. The molecule has 1 unspecified atom stereocenters. The third kappa shape index (κ3) is 2.48. The largest absolute Gasteiger partial charge is 0.465 e. The Morgan fingerprint density at radius 3 is 2.70 bits per heavy atom. The molecule has 1 heterocycles. The average Bonchev–Trinajstić information content (AvgIpc) is 2.59. The second kappa shape index (κ2) is 5.95. The smallest absolute Gasteiger partial charge is 0.324 e. The lowest BCUT2D eigenvalue weighted by molar-refractivity contribution is -0.146. The number of esters is 1. The van der Waals surface area contributed by atoms with Crippen LogP contribution in [0.3, 0.4) is 0 Å². The van der Waals surface area contributed by atoms with Gasteiger partial charge in [0.25, 0.3) is 0 Å². The number of hydrogen-bond acceptors (Lipinski definition) is 3. The van der Waals surface area contributed by atoms with E-state index in [0.717, 1.165) is 17.7 Å². The van der Waals surface area contributed by atoms with Gasteiger partial charge in [-0.1, -0.05) is 42.5 Å². The summed E-state index contributed by atoms with van der Waals surface area (Å²) < 4.78 is 5.35. The van der Waals surface area contributed by atoms with Gasteiger partial charge in [0.2, 0.25) is 0 Å². The number of rotatable bonds is 3. The van der Waals surface area contributed by atoms with E-state index < -0.39 is 5.41 Å². The van der Waals surface area contributed by atoms with E-state index in [4.69, 9.17) is 4.74 Å². The van der Waals surface area contributed by atoms with Gasteiger partial charge in [-0.05, 0) is 31.2 Å². The van der Waals surface area contributed by atoms with Crippen LogP contribution in [0.2, 0.25) is 0 Å². The van der Waals surface area contributed by atoms with Crippen molar-refractivity contribution in [1.29, 1.82) is 0 Å². The summed E-state index contributed by atoms with van der Waals surface area (Å²) in [4.78, 5) is 14.7. The first-order valence-electron chi connectivity index (χ1n) is 6.91. The summed E-state index contributed by atoms with van der Waals surface area (Å²) >= 11 is 0. The third-order valence-electron chi connectivity index (χ3n) is 3.62. The molecular formula is C17H21NO2. The van der Waals surface area contributed by atoms with E-state index in [1.165, 1.54) is 0 Å². The summed E-state index contributed by atoms with van der Waals surface area (Å²) in [7, 11) is 2.00. The average molecular weight is 271 g/mol. The lowest BCUT2D eigenvalue weighted by Crippen LogP contribution is -2.37. The van der Waals surface area contributed by atoms with E-state index in [1.54, 1.807) is 0 Å². The number of hydrogen-bond donors (Lipinski definition) is 0. The van der Waals surface area contributed by atoms with Gasteiger partial charge in [0.15, 0.2) is 0 Å². The lowest BCUT2D eigenvalue weighted by Gasteiger charge is -2.29. The number of carbonyl (C=O) groups is 1. The van der Waals surface area contributed by atoms with E-state index in [-0.39, 0.29) is 5.97 Å². The van der Waals surface area contributed by atoms with Gasteiger partial charge >= 0.3 is 5.97 Å². The molecule has 0 saturated heterocycles. The summed E-state index contributed by atoms with van der Waals surface area (Å²) in [6.45, 7) is 4.98. The molecule has 0 bridgehead atoms. The molecule has 0 fully saturated rings. The molecule has 0 amide bonds. The minimum atomic E-state index is -0.817. The molecule has 2 rings (SSSR count). The maximum Gasteiger partial charge on any atom is 0.324 e. The van der Waals surface area contributed by atoms with Gasteiger partial charge in [0, 0.05) is 13.6 Å². The van der Waals surface area contributed by atoms with Crippen LogP contribution >= 0.6 is 0 Å². The Kier molecular flexibility index (Phi) is 4.28. The standard InChI is InChI=1S/C17H21NO2/c1-4-20-16(19)17(15-9-6-5-7-10-15)11-8-12-18(3)13-14(17)2/h5-11,13H,4,12H2,1-3H3. The first-order valence-corrected chi connectivity index (χ1v) is 6.91. The van der Waals surface area contributed by atoms with E-state index in [2.05, 4.69) is 4.90 Å². The highest BCUT2D eigenvalue weighted by Gasteiger charge is 2.41. The zero-order valence-corrected chi connectivity index (χ0v) is 12.3. The van der Waals surface area contributed by atoms with Crippen molar-refractivity contribution in [3.63, 3.8) is 0 Å². The Balaban J connectivity index is 2.61. The van der Waals surface area contributed by atoms with Gasteiger partial charge in [-0.3, -0.25) is 4.79 Å². The molecule has 106 valence electrons. The van der Waals surface area contributed by atoms with Crippen molar-refractivity contribution in [2.45, 2.75) is 19.3 Å². The normalized spacial score (nSPS) is 22.1. The summed E-state index contributed by atoms with van der Waals surface area (Å²) in [5.74, 6) is -0.216. The van der Waals surface area contributed by atoms with Crippen LogP contribution in [-0.4, -0.2) is 31.1 Å². The van der Waals surface area contributed by atoms with Crippen molar-refractivity contribution in [1.82, 2.24) is 4.90 Å². The molecule has 20 heavy (non-hydrogen) atoms. The van der Waals surface area contributed by atoms with Crippen LogP contribution in [0.4, 0.5) is 0 Å². The maximum atomic E-state index is 12.7. The maximum absolute atomic E-state index is 12.7. The van der Waals surface area contributed by atoms with Crippen molar-refractivity contribution >= 4 is 5.97 Å². The van der Waals surface area contributed by atoms with E-state index in [9.17, 15) is 4.79 Å². The molecule has 0 N–H and O–H groups in total. The fourth-order valence-electron chi connectivity index (χ4n) is 2.63. The van der Waals surface area contributed by atoms with Crippen LogP contribution in [0.5, 0.6) is 0 Å². The van der Waals surface area contributed by atoms with Crippen molar-refractivity contribution in [2.24, 2.45) is 0 Å². The highest BCUT2D eigenvalue weighted by molar-refractivity contribution is 5.90. The van der Waals surface area contributed by atoms with E-state index in [1.807, 2.05) is 69.6 Å². The highest BCUT2D eigenvalue weighted by atomic mass is 16.5. The Morgan fingerprint density at radius 1 is 1.35 bits per heavy atom. The molecule has 1 aromatic rings. The van der Waals surface area contributed by atoms with Gasteiger partial charge in [0.1, 0.15) is 5.41 Å². The molecule has 1 aromatic carbocycles. The molecule has 1 aliphatic rings. The van der Waals surface area contributed by atoms with Gasteiger partial charge in [-0.25, -0.2) is 0 Å². The van der Waals surface area contributed by atoms with Crippen molar-refractivity contribution < 1.29 is 9.53 Å². The highest BCUT2D eigenvalue weighted by Crippen LogP contribution is 2.36. The quantitative estimate of drug-likeness (QED) is 0.625. The molecule has 0 spiro atoms. The number of ether oxygens (including phenoxy) is 1. The second-order valence-electron chi connectivity index (χ2n) is 5.05. The molecule has 0 saturated carbocycles. The van der Waals surface area contributed by atoms with Crippen LogP contribution in [0.1, 0.15) is 19.4 Å². The fraction of sp³-hybridized carbons (Fsp3) is 0.353. The van der Waals surface area contributed by atoms with Crippen LogP contribution in [0.15, 0.2) is 54.3 Å². The van der Waals surface area contributed by atoms with Crippen LogP contribution in [0.25, 0.3) is 0 Å². The SMILES string of the molecule is CCOC(=O)C1(c2ccccc2)C=CCN(C)C=C1C. The van der Waals surface area contributed by atoms with Crippen LogP contribution in [0, 0.1) is 0 Å². The van der Waals surface area contributed by atoms with E-state index in [0.29, 0.717) is 6.61 Å². The van der Waals surface area contributed by atoms with Crippen LogP contribution in [-0.2, 0) is 14.9 Å². The van der Waals surface area contributed by atoms with Gasteiger partial charge < -0.3 is 9.64 Å². The van der Waals surface area contributed by atoms with E-state index >= 15 is 0 Å². The molecule has 3 heteroatoms. The molecule has 1 atom stereocenters. The second-order valence-corrected chi connectivity index (χ2v) is 5.05. The Labute approximate surface area is 120 Å². The summed E-state index contributed by atoms with van der Waals surface area (Å²) in [5.41, 5.74) is 1.10. The zero-order chi connectivity index (χ0) is 14.6. The predicted octanol–water partition coefficient (Wildman–Crippen LogP) is 2.89. The molecular weight excluding hydrogens is 250 g/mol. The Hall–Kier alpha value is -2.03. The number of carbonyl (C=O) groups excluding carboxylic acids is 1. The minimum absolute atomic E-state index is 0.216. The monoisotopic (exact) mass is 271 g/mol. The molecule has 0 aromatic heterocycles. The lowest BCUT2D eigenvalue weighted by atomic mass is 9.74. The van der Waals surface area contributed by atoms with Gasteiger partial charge in [-0.15, -0.1) is 0 Å². The summed E-state index contributed by atoms with van der Waals surface area (Å²) in [6.07, 6.45) is 6.01. The fourth-order valence-corrected chi connectivity index (χ4v) is 2.63. The third-order valence-corrected chi connectivity index (χ3v) is 3.62. The molecule has 0 radical (unpaired) electrons. The summed E-state index contributed by atoms with van der Waals surface area (Å²) in [5, 5.41) is 0. The van der Waals surface area contributed by atoms with Crippen molar-refractivity contribution in [3.05, 3.63) is 59.8 Å². The van der Waals surface area contributed by atoms with Crippen molar-refractivity contribution in [2.75, 3.05) is 20.2 Å². The number of likely N-dealkylation sites (N-methyl/N-ethyl adjacent to an activating group) is 1. The molecule has 0 aliphatic carbocycles. The number of benzene rings is 1.